The third-order valence-corrected chi connectivity index (χ3v) is 4.54. The first-order valence-corrected chi connectivity index (χ1v) is 7.73. The molecule has 2 aliphatic rings. The molecule has 0 saturated heterocycles. The average molecular weight is 273 g/mol. The summed E-state index contributed by atoms with van der Waals surface area (Å²) in [5, 5.41) is 0. The van der Waals surface area contributed by atoms with Gasteiger partial charge >= 0.3 is 0 Å². The highest BCUT2D eigenvalue weighted by molar-refractivity contribution is 5.70. The minimum absolute atomic E-state index is 0.821. The van der Waals surface area contributed by atoms with E-state index in [0.717, 1.165) is 5.92 Å². The van der Waals surface area contributed by atoms with E-state index in [-0.39, 0.29) is 0 Å². The lowest BCUT2D eigenvalue weighted by atomic mass is 9.74. The maximum absolute atomic E-state index is 2.40. The summed E-state index contributed by atoms with van der Waals surface area (Å²) in [6, 6.07) is 21.3. The Labute approximate surface area is 126 Å². The van der Waals surface area contributed by atoms with Crippen molar-refractivity contribution in [1.82, 2.24) is 0 Å². The van der Waals surface area contributed by atoms with Crippen LogP contribution in [-0.2, 0) is 0 Å². The van der Waals surface area contributed by atoms with Crippen LogP contribution in [0.1, 0.15) is 19.3 Å². The van der Waals surface area contributed by atoms with E-state index in [4.69, 9.17) is 0 Å². The Morgan fingerprint density at radius 3 is 1.90 bits per heavy atom. The van der Waals surface area contributed by atoms with E-state index in [1.54, 1.807) is 5.57 Å². The first kappa shape index (κ1) is 12.5. The van der Waals surface area contributed by atoms with Crippen molar-refractivity contribution in [1.29, 1.82) is 0 Å². The molecule has 104 valence electrons. The molecule has 1 nitrogen and oxygen atoms in total. The molecule has 0 radical (unpaired) electrons. The lowest BCUT2D eigenvalue weighted by molar-refractivity contribution is 0.440. The molecule has 2 aliphatic carbocycles. The molecular formula is C20H19N. The summed E-state index contributed by atoms with van der Waals surface area (Å²) >= 11 is 0. The van der Waals surface area contributed by atoms with Gasteiger partial charge in [-0.3, -0.25) is 0 Å². The molecule has 0 aliphatic heterocycles. The van der Waals surface area contributed by atoms with Gasteiger partial charge < -0.3 is 4.90 Å². The number of rotatable bonds is 3. The predicted octanol–water partition coefficient (Wildman–Crippen LogP) is 5.45. The quantitative estimate of drug-likeness (QED) is 0.719. The van der Waals surface area contributed by atoms with Crippen LogP contribution in [-0.4, -0.2) is 0 Å². The summed E-state index contributed by atoms with van der Waals surface area (Å²) in [7, 11) is 0. The molecule has 0 amide bonds. The highest BCUT2D eigenvalue weighted by atomic mass is 15.1. The number of para-hydroxylation sites is 2. The summed E-state index contributed by atoms with van der Waals surface area (Å²) in [6.45, 7) is 0. The van der Waals surface area contributed by atoms with Gasteiger partial charge in [-0.15, -0.1) is 0 Å². The molecule has 21 heavy (non-hydrogen) atoms. The minimum atomic E-state index is 0.821. The van der Waals surface area contributed by atoms with Gasteiger partial charge in [0.05, 0.1) is 0 Å². The topological polar surface area (TPSA) is 3.24 Å². The number of allylic oxidation sites excluding steroid dienone is 3. The molecule has 1 atom stereocenters. The van der Waals surface area contributed by atoms with E-state index in [0.29, 0.717) is 0 Å². The number of nitrogens with zero attached hydrogens (tertiary/aromatic N) is 1. The molecule has 0 aromatic heterocycles. The Kier molecular flexibility index (Phi) is 3.11. The van der Waals surface area contributed by atoms with E-state index in [1.165, 1.54) is 36.3 Å². The van der Waals surface area contributed by atoms with Crippen LogP contribution in [0.5, 0.6) is 0 Å². The smallest absolute Gasteiger partial charge is 0.0461 e. The summed E-state index contributed by atoms with van der Waals surface area (Å²) < 4.78 is 0. The zero-order valence-electron chi connectivity index (χ0n) is 12.1. The van der Waals surface area contributed by atoms with Crippen molar-refractivity contribution in [3.8, 4) is 0 Å². The maximum atomic E-state index is 2.40. The largest absolute Gasteiger partial charge is 0.311 e. The second kappa shape index (κ2) is 5.25. The van der Waals surface area contributed by atoms with Crippen LogP contribution in [0.4, 0.5) is 11.4 Å². The fourth-order valence-corrected chi connectivity index (χ4v) is 3.24. The Morgan fingerprint density at radius 1 is 0.810 bits per heavy atom. The van der Waals surface area contributed by atoms with Gasteiger partial charge in [0.15, 0.2) is 0 Å². The van der Waals surface area contributed by atoms with Gasteiger partial charge in [-0.1, -0.05) is 48.0 Å². The Morgan fingerprint density at radius 2 is 1.43 bits per heavy atom. The average Bonchev–Trinajstić information content (AvgIpc) is 2.52. The van der Waals surface area contributed by atoms with Crippen molar-refractivity contribution < 1.29 is 0 Å². The highest BCUT2D eigenvalue weighted by Gasteiger charge is 2.27. The zero-order chi connectivity index (χ0) is 14.1. The van der Waals surface area contributed by atoms with Crippen LogP contribution in [0.2, 0.25) is 0 Å². The van der Waals surface area contributed by atoms with Gasteiger partial charge in [-0.25, -0.2) is 0 Å². The summed E-state index contributed by atoms with van der Waals surface area (Å²) in [5.74, 6) is 0.821. The molecule has 0 bridgehead atoms. The second-order valence-corrected chi connectivity index (χ2v) is 5.83. The van der Waals surface area contributed by atoms with Crippen molar-refractivity contribution in [3.05, 3.63) is 84.1 Å². The third kappa shape index (κ3) is 2.29. The van der Waals surface area contributed by atoms with Crippen LogP contribution in [0, 0.1) is 5.92 Å². The number of fused-ring (bicyclic) bond motifs is 1. The predicted molar refractivity (Wildman–Crippen MR) is 88.5 cm³/mol. The molecule has 0 heterocycles. The maximum Gasteiger partial charge on any atom is 0.0461 e. The lowest BCUT2D eigenvalue weighted by Gasteiger charge is -2.36. The number of benzene rings is 2. The molecule has 1 heteroatoms. The zero-order valence-corrected chi connectivity index (χ0v) is 12.1. The molecule has 1 saturated carbocycles. The first-order valence-electron chi connectivity index (χ1n) is 7.73. The van der Waals surface area contributed by atoms with Gasteiger partial charge in [0.2, 0.25) is 0 Å². The molecule has 2 aromatic carbocycles. The number of hydrogen-bond donors (Lipinski definition) is 0. The molecular weight excluding hydrogens is 254 g/mol. The molecule has 4 rings (SSSR count). The third-order valence-electron chi connectivity index (χ3n) is 4.54. The first-order chi connectivity index (χ1) is 10.4. The van der Waals surface area contributed by atoms with Crippen molar-refractivity contribution in [2.24, 2.45) is 5.92 Å². The normalized spacial score (nSPS) is 19.9. The highest BCUT2D eigenvalue weighted by Crippen LogP contribution is 2.42. The van der Waals surface area contributed by atoms with Crippen molar-refractivity contribution in [2.75, 3.05) is 4.90 Å². The van der Waals surface area contributed by atoms with Crippen LogP contribution in [0.25, 0.3) is 0 Å². The molecule has 2 aromatic rings. The Balaban J connectivity index is 1.78. The SMILES string of the molecule is C1=C2CCC2CC=C1N(c1ccccc1)c1ccccc1. The number of anilines is 2. The molecule has 1 unspecified atom stereocenters. The van der Waals surface area contributed by atoms with Crippen LogP contribution >= 0.6 is 0 Å². The Bertz CT molecular complexity index is 643. The van der Waals surface area contributed by atoms with Gasteiger partial charge in [0.1, 0.15) is 0 Å². The van der Waals surface area contributed by atoms with Gasteiger partial charge in [-0.05, 0) is 55.5 Å². The Hall–Kier alpha value is -2.28. The van der Waals surface area contributed by atoms with Gasteiger partial charge in [0, 0.05) is 17.1 Å². The van der Waals surface area contributed by atoms with E-state index in [1.807, 2.05) is 0 Å². The van der Waals surface area contributed by atoms with Crippen LogP contribution in [0.15, 0.2) is 84.1 Å². The van der Waals surface area contributed by atoms with Crippen molar-refractivity contribution in [3.63, 3.8) is 0 Å². The molecule has 0 spiro atoms. The molecule has 0 N–H and O–H groups in total. The van der Waals surface area contributed by atoms with E-state index >= 15 is 0 Å². The standard InChI is InChI=1S/C20H19N/c1-3-7-18(8-4-1)21(19-9-5-2-6-10-19)20-14-13-16-11-12-17(16)15-20/h1-10,14-16H,11-13H2. The van der Waals surface area contributed by atoms with E-state index < -0.39 is 0 Å². The summed E-state index contributed by atoms with van der Waals surface area (Å²) in [4.78, 5) is 2.36. The lowest BCUT2D eigenvalue weighted by Crippen LogP contribution is -2.23. The second-order valence-electron chi connectivity index (χ2n) is 5.83. The summed E-state index contributed by atoms with van der Waals surface area (Å²) in [5.41, 5.74) is 5.40. The van der Waals surface area contributed by atoms with Gasteiger partial charge in [0.25, 0.3) is 0 Å². The van der Waals surface area contributed by atoms with E-state index in [9.17, 15) is 0 Å². The fraction of sp³-hybridized carbons (Fsp3) is 0.200. The van der Waals surface area contributed by atoms with Crippen molar-refractivity contribution >= 4 is 11.4 Å². The minimum Gasteiger partial charge on any atom is -0.311 e. The molecule has 1 fully saturated rings. The number of hydrogen-bond acceptors (Lipinski definition) is 1. The van der Waals surface area contributed by atoms with Crippen LogP contribution in [0.3, 0.4) is 0 Å². The van der Waals surface area contributed by atoms with Crippen LogP contribution < -0.4 is 4.90 Å². The fourth-order valence-electron chi connectivity index (χ4n) is 3.24. The monoisotopic (exact) mass is 273 g/mol. The van der Waals surface area contributed by atoms with E-state index in [2.05, 4.69) is 77.7 Å². The van der Waals surface area contributed by atoms with Crippen molar-refractivity contribution in [2.45, 2.75) is 19.3 Å². The summed E-state index contributed by atoms with van der Waals surface area (Å²) in [6.07, 6.45) is 8.63. The van der Waals surface area contributed by atoms with Gasteiger partial charge in [-0.2, -0.15) is 0 Å².